The van der Waals surface area contributed by atoms with Crippen molar-refractivity contribution >= 4 is 0 Å². The van der Waals surface area contributed by atoms with E-state index in [2.05, 4.69) is 38.1 Å². The van der Waals surface area contributed by atoms with Gasteiger partial charge in [0, 0.05) is 0 Å². The fraction of sp³-hybridized carbons (Fsp3) is 0.571. The van der Waals surface area contributed by atoms with Crippen molar-refractivity contribution in [1.82, 2.24) is 0 Å². The molecule has 0 aromatic heterocycles. The number of rotatable bonds is 2. The zero-order valence-corrected chi connectivity index (χ0v) is 9.66. The maximum atomic E-state index is 10.7. The SMILES string of the molecule is CCc1cccc(C2(O)CCCC2C)c1. The highest BCUT2D eigenvalue weighted by Crippen LogP contribution is 2.43. The van der Waals surface area contributed by atoms with Crippen LogP contribution >= 0.6 is 0 Å². The van der Waals surface area contributed by atoms with Gasteiger partial charge < -0.3 is 5.11 Å². The summed E-state index contributed by atoms with van der Waals surface area (Å²) < 4.78 is 0. The monoisotopic (exact) mass is 204 g/mol. The highest BCUT2D eigenvalue weighted by Gasteiger charge is 2.39. The lowest BCUT2D eigenvalue weighted by atomic mass is 9.84. The van der Waals surface area contributed by atoms with Gasteiger partial charge in [-0.1, -0.05) is 38.1 Å². The summed E-state index contributed by atoms with van der Waals surface area (Å²) in [4.78, 5) is 0. The molecule has 0 bridgehead atoms. The summed E-state index contributed by atoms with van der Waals surface area (Å²) in [6.45, 7) is 4.31. The Morgan fingerprint density at radius 2 is 2.27 bits per heavy atom. The molecule has 82 valence electrons. The Morgan fingerprint density at radius 1 is 1.47 bits per heavy atom. The van der Waals surface area contributed by atoms with E-state index in [1.807, 2.05) is 0 Å². The molecule has 2 rings (SSSR count). The van der Waals surface area contributed by atoms with Crippen molar-refractivity contribution in [2.45, 2.75) is 45.1 Å². The lowest BCUT2D eigenvalue weighted by Gasteiger charge is -2.28. The number of hydrogen-bond donors (Lipinski definition) is 1. The van der Waals surface area contributed by atoms with Crippen molar-refractivity contribution < 1.29 is 5.11 Å². The van der Waals surface area contributed by atoms with Crippen LogP contribution in [-0.4, -0.2) is 5.11 Å². The summed E-state index contributed by atoms with van der Waals surface area (Å²) in [6.07, 6.45) is 4.25. The Labute approximate surface area is 92.1 Å². The lowest BCUT2D eigenvalue weighted by Crippen LogP contribution is -2.28. The molecule has 15 heavy (non-hydrogen) atoms. The second-order valence-corrected chi connectivity index (χ2v) is 4.77. The van der Waals surface area contributed by atoms with Gasteiger partial charge >= 0.3 is 0 Å². The van der Waals surface area contributed by atoms with Crippen molar-refractivity contribution in [3.63, 3.8) is 0 Å². The zero-order valence-electron chi connectivity index (χ0n) is 9.66. The van der Waals surface area contributed by atoms with Crippen LogP contribution < -0.4 is 0 Å². The molecule has 2 unspecified atom stereocenters. The standard InChI is InChI=1S/C14H20O/c1-3-12-7-4-8-13(10-12)14(15)9-5-6-11(14)2/h4,7-8,10-11,15H,3,5-6,9H2,1-2H3. The van der Waals surface area contributed by atoms with Crippen LogP contribution in [0.4, 0.5) is 0 Å². The molecular formula is C14H20O. The Hall–Kier alpha value is -0.820. The normalized spacial score (nSPS) is 30.7. The topological polar surface area (TPSA) is 20.2 Å². The van der Waals surface area contributed by atoms with Crippen molar-refractivity contribution in [3.8, 4) is 0 Å². The highest BCUT2D eigenvalue weighted by atomic mass is 16.3. The van der Waals surface area contributed by atoms with Gasteiger partial charge in [0.15, 0.2) is 0 Å². The number of aryl methyl sites for hydroxylation is 1. The Balaban J connectivity index is 2.35. The number of aliphatic hydroxyl groups is 1. The summed E-state index contributed by atoms with van der Waals surface area (Å²) in [6, 6.07) is 8.44. The molecule has 0 saturated heterocycles. The molecule has 1 aromatic rings. The summed E-state index contributed by atoms with van der Waals surface area (Å²) in [5.74, 6) is 0.393. The van der Waals surface area contributed by atoms with Crippen LogP contribution in [0.25, 0.3) is 0 Å². The van der Waals surface area contributed by atoms with E-state index in [1.54, 1.807) is 0 Å². The molecule has 0 spiro atoms. The fourth-order valence-electron chi connectivity index (χ4n) is 2.65. The molecule has 1 heteroatoms. The van der Waals surface area contributed by atoms with E-state index in [0.29, 0.717) is 5.92 Å². The van der Waals surface area contributed by atoms with Crippen molar-refractivity contribution in [3.05, 3.63) is 35.4 Å². The first-order valence-electron chi connectivity index (χ1n) is 5.98. The first-order chi connectivity index (χ1) is 7.16. The van der Waals surface area contributed by atoms with E-state index in [0.717, 1.165) is 31.2 Å². The molecular weight excluding hydrogens is 184 g/mol. The smallest absolute Gasteiger partial charge is 0.0922 e. The van der Waals surface area contributed by atoms with Gasteiger partial charge in [-0.3, -0.25) is 0 Å². The predicted molar refractivity (Wildman–Crippen MR) is 62.7 cm³/mol. The molecule has 1 aromatic carbocycles. The van der Waals surface area contributed by atoms with Crippen LogP contribution in [0.5, 0.6) is 0 Å². The molecule has 1 N–H and O–H groups in total. The molecule has 2 atom stereocenters. The first-order valence-corrected chi connectivity index (χ1v) is 5.98. The van der Waals surface area contributed by atoms with Gasteiger partial charge in [0.25, 0.3) is 0 Å². The highest BCUT2D eigenvalue weighted by molar-refractivity contribution is 5.29. The zero-order chi connectivity index (χ0) is 10.9. The molecule has 1 nitrogen and oxygen atoms in total. The average molecular weight is 204 g/mol. The van der Waals surface area contributed by atoms with E-state index in [9.17, 15) is 5.11 Å². The van der Waals surface area contributed by atoms with Gasteiger partial charge in [0.05, 0.1) is 5.60 Å². The second kappa shape index (κ2) is 3.97. The number of hydrogen-bond acceptors (Lipinski definition) is 1. The van der Waals surface area contributed by atoms with Gasteiger partial charge in [0.1, 0.15) is 0 Å². The maximum absolute atomic E-state index is 10.7. The van der Waals surface area contributed by atoms with Crippen LogP contribution in [0.2, 0.25) is 0 Å². The summed E-state index contributed by atoms with van der Waals surface area (Å²) in [5, 5.41) is 10.7. The van der Waals surface area contributed by atoms with Crippen molar-refractivity contribution in [2.24, 2.45) is 5.92 Å². The average Bonchev–Trinajstić information content (AvgIpc) is 2.61. The van der Waals surface area contributed by atoms with E-state index < -0.39 is 5.60 Å². The minimum atomic E-state index is -0.564. The molecule has 0 heterocycles. The maximum Gasteiger partial charge on any atom is 0.0922 e. The Bertz CT molecular complexity index is 345. The predicted octanol–water partition coefficient (Wildman–Crippen LogP) is 3.26. The van der Waals surface area contributed by atoms with Gasteiger partial charge in [-0.05, 0) is 42.7 Å². The van der Waals surface area contributed by atoms with Gasteiger partial charge in [-0.25, -0.2) is 0 Å². The Kier molecular flexibility index (Phi) is 2.83. The third kappa shape index (κ3) is 1.81. The van der Waals surface area contributed by atoms with Crippen LogP contribution in [0.15, 0.2) is 24.3 Å². The summed E-state index contributed by atoms with van der Waals surface area (Å²) in [7, 11) is 0. The molecule has 0 amide bonds. The molecule has 1 aliphatic rings. The number of benzene rings is 1. The molecule has 0 aliphatic heterocycles. The first kappa shape index (κ1) is 10.7. The van der Waals surface area contributed by atoms with Crippen LogP contribution in [0.3, 0.4) is 0 Å². The van der Waals surface area contributed by atoms with Gasteiger partial charge in [-0.2, -0.15) is 0 Å². The molecule has 0 radical (unpaired) electrons. The van der Waals surface area contributed by atoms with E-state index in [4.69, 9.17) is 0 Å². The third-order valence-corrected chi connectivity index (χ3v) is 3.85. The van der Waals surface area contributed by atoms with Crippen molar-refractivity contribution in [2.75, 3.05) is 0 Å². The summed E-state index contributed by atoms with van der Waals surface area (Å²) >= 11 is 0. The van der Waals surface area contributed by atoms with Crippen LogP contribution in [0.1, 0.15) is 44.2 Å². The summed E-state index contributed by atoms with van der Waals surface area (Å²) in [5.41, 5.74) is 1.87. The van der Waals surface area contributed by atoms with Crippen molar-refractivity contribution in [1.29, 1.82) is 0 Å². The molecule has 1 saturated carbocycles. The van der Waals surface area contributed by atoms with Crippen LogP contribution in [-0.2, 0) is 12.0 Å². The van der Waals surface area contributed by atoms with Gasteiger partial charge in [0.2, 0.25) is 0 Å². The minimum absolute atomic E-state index is 0.393. The molecule has 1 aliphatic carbocycles. The second-order valence-electron chi connectivity index (χ2n) is 4.77. The van der Waals surface area contributed by atoms with Crippen LogP contribution in [0, 0.1) is 5.92 Å². The lowest BCUT2D eigenvalue weighted by molar-refractivity contribution is 0.00443. The van der Waals surface area contributed by atoms with E-state index >= 15 is 0 Å². The van der Waals surface area contributed by atoms with Gasteiger partial charge in [-0.15, -0.1) is 0 Å². The third-order valence-electron chi connectivity index (χ3n) is 3.85. The minimum Gasteiger partial charge on any atom is -0.385 e. The quantitative estimate of drug-likeness (QED) is 0.784. The fourth-order valence-corrected chi connectivity index (χ4v) is 2.65. The molecule has 1 fully saturated rings. The Morgan fingerprint density at radius 3 is 2.87 bits per heavy atom. The largest absolute Gasteiger partial charge is 0.385 e. The van der Waals surface area contributed by atoms with E-state index in [1.165, 1.54) is 5.56 Å². The van der Waals surface area contributed by atoms with E-state index in [-0.39, 0.29) is 0 Å².